The monoisotopic (exact) mass is 317 g/mol. The fourth-order valence-corrected chi connectivity index (χ4v) is 2.93. The van der Waals surface area contributed by atoms with Crippen molar-refractivity contribution in [1.29, 1.82) is 0 Å². The van der Waals surface area contributed by atoms with Crippen molar-refractivity contribution in [3.63, 3.8) is 0 Å². The lowest BCUT2D eigenvalue weighted by Crippen LogP contribution is -2.35. The first-order valence-corrected chi connectivity index (χ1v) is 8.08. The second-order valence-corrected chi connectivity index (χ2v) is 6.13. The van der Waals surface area contributed by atoms with E-state index in [-0.39, 0.29) is 12.3 Å². The van der Waals surface area contributed by atoms with E-state index in [4.69, 9.17) is 8.94 Å². The van der Waals surface area contributed by atoms with E-state index in [9.17, 15) is 4.79 Å². The first kappa shape index (κ1) is 15.8. The Bertz CT molecular complexity index is 662. The Hall–Kier alpha value is -2.08. The van der Waals surface area contributed by atoms with Gasteiger partial charge in [0.2, 0.25) is 5.91 Å². The summed E-state index contributed by atoms with van der Waals surface area (Å²) in [4.78, 5) is 16.7. The minimum absolute atomic E-state index is 0.108. The van der Waals surface area contributed by atoms with Gasteiger partial charge in [-0.15, -0.1) is 0 Å². The molecule has 124 valence electrons. The highest BCUT2D eigenvalue weighted by molar-refractivity contribution is 5.78. The van der Waals surface area contributed by atoms with Gasteiger partial charge in [-0.05, 0) is 32.4 Å². The number of hydrogen-bond acceptors (Lipinski definition) is 5. The van der Waals surface area contributed by atoms with Crippen LogP contribution in [0.5, 0.6) is 0 Å². The lowest BCUT2D eigenvalue weighted by Gasteiger charge is -2.21. The molecule has 1 aliphatic heterocycles. The van der Waals surface area contributed by atoms with Gasteiger partial charge in [0, 0.05) is 32.2 Å². The van der Waals surface area contributed by atoms with Gasteiger partial charge in [-0.3, -0.25) is 9.69 Å². The summed E-state index contributed by atoms with van der Waals surface area (Å²) in [7, 11) is 0. The third-order valence-corrected chi connectivity index (χ3v) is 4.12. The van der Waals surface area contributed by atoms with Crippen molar-refractivity contribution in [1.82, 2.24) is 15.0 Å². The molecule has 1 fully saturated rings. The van der Waals surface area contributed by atoms with Crippen LogP contribution in [-0.4, -0.2) is 47.0 Å². The maximum Gasteiger partial charge on any atom is 0.230 e. The van der Waals surface area contributed by atoms with Crippen LogP contribution in [0.1, 0.15) is 29.4 Å². The van der Waals surface area contributed by atoms with E-state index in [0.717, 1.165) is 56.4 Å². The van der Waals surface area contributed by atoms with Gasteiger partial charge in [0.25, 0.3) is 0 Å². The van der Waals surface area contributed by atoms with E-state index >= 15 is 0 Å². The van der Waals surface area contributed by atoms with Gasteiger partial charge in [0.1, 0.15) is 17.3 Å². The lowest BCUT2D eigenvalue weighted by molar-refractivity contribution is -0.130. The van der Waals surface area contributed by atoms with Crippen LogP contribution in [0, 0.1) is 13.8 Å². The van der Waals surface area contributed by atoms with Crippen molar-refractivity contribution in [2.75, 3.05) is 26.2 Å². The van der Waals surface area contributed by atoms with Crippen molar-refractivity contribution in [2.45, 2.75) is 33.2 Å². The first-order chi connectivity index (χ1) is 11.1. The Morgan fingerprint density at radius 2 is 2.04 bits per heavy atom. The van der Waals surface area contributed by atoms with Crippen LogP contribution < -0.4 is 0 Å². The van der Waals surface area contributed by atoms with Crippen LogP contribution in [0.15, 0.2) is 27.1 Å². The number of carbonyl (C=O) groups excluding carboxylic acids is 1. The van der Waals surface area contributed by atoms with E-state index in [1.807, 2.05) is 36.9 Å². The van der Waals surface area contributed by atoms with E-state index < -0.39 is 0 Å². The molecule has 0 bridgehead atoms. The number of aromatic nitrogens is 1. The molecule has 1 amide bonds. The molecular formula is C17H23N3O3. The zero-order valence-corrected chi connectivity index (χ0v) is 13.7. The zero-order chi connectivity index (χ0) is 16.2. The summed E-state index contributed by atoms with van der Waals surface area (Å²) in [5.74, 6) is 2.67. The Morgan fingerprint density at radius 1 is 1.17 bits per heavy atom. The molecule has 0 aromatic carbocycles. The summed E-state index contributed by atoms with van der Waals surface area (Å²) < 4.78 is 10.8. The summed E-state index contributed by atoms with van der Waals surface area (Å²) >= 11 is 0. The molecule has 0 atom stereocenters. The number of rotatable bonds is 4. The molecule has 0 N–H and O–H groups in total. The highest BCUT2D eigenvalue weighted by Crippen LogP contribution is 2.13. The van der Waals surface area contributed by atoms with Crippen LogP contribution in [0.25, 0.3) is 0 Å². The maximum absolute atomic E-state index is 12.4. The third-order valence-electron chi connectivity index (χ3n) is 4.12. The predicted molar refractivity (Wildman–Crippen MR) is 84.9 cm³/mol. The molecule has 3 rings (SSSR count). The van der Waals surface area contributed by atoms with Gasteiger partial charge in [0.15, 0.2) is 0 Å². The summed E-state index contributed by atoms with van der Waals surface area (Å²) in [5.41, 5.74) is 0.809. The molecule has 2 aromatic rings. The molecule has 0 spiro atoms. The molecule has 6 heteroatoms. The zero-order valence-electron chi connectivity index (χ0n) is 13.7. The van der Waals surface area contributed by atoms with Crippen molar-refractivity contribution in [3.8, 4) is 0 Å². The Morgan fingerprint density at radius 3 is 2.74 bits per heavy atom. The SMILES string of the molecule is Cc1cc(CC(=O)N2CCCN(Cc3ccc(C)o3)CC2)on1. The molecular weight excluding hydrogens is 294 g/mol. The van der Waals surface area contributed by atoms with Crippen molar-refractivity contribution in [2.24, 2.45) is 0 Å². The Kier molecular flexibility index (Phi) is 4.81. The van der Waals surface area contributed by atoms with Crippen LogP contribution >= 0.6 is 0 Å². The quantitative estimate of drug-likeness (QED) is 0.865. The highest BCUT2D eigenvalue weighted by atomic mass is 16.5. The summed E-state index contributed by atoms with van der Waals surface area (Å²) in [6.07, 6.45) is 1.26. The molecule has 6 nitrogen and oxygen atoms in total. The second-order valence-electron chi connectivity index (χ2n) is 6.13. The van der Waals surface area contributed by atoms with Gasteiger partial charge in [-0.1, -0.05) is 5.16 Å². The molecule has 1 aliphatic rings. The minimum Gasteiger partial charge on any atom is -0.465 e. The summed E-state index contributed by atoms with van der Waals surface area (Å²) in [5, 5.41) is 3.83. The fraction of sp³-hybridized carbons (Fsp3) is 0.529. The van der Waals surface area contributed by atoms with Crippen molar-refractivity contribution in [3.05, 3.63) is 41.2 Å². The first-order valence-electron chi connectivity index (χ1n) is 8.08. The number of hydrogen-bond donors (Lipinski definition) is 0. The van der Waals surface area contributed by atoms with E-state index in [2.05, 4.69) is 10.1 Å². The number of amides is 1. The van der Waals surface area contributed by atoms with Crippen LogP contribution in [0.2, 0.25) is 0 Å². The summed E-state index contributed by atoms with van der Waals surface area (Å²) in [6.45, 7) is 7.99. The fourth-order valence-electron chi connectivity index (χ4n) is 2.93. The number of furan rings is 1. The third kappa shape index (κ3) is 4.22. The van der Waals surface area contributed by atoms with E-state index in [1.165, 1.54) is 0 Å². The molecule has 1 saturated heterocycles. The van der Waals surface area contributed by atoms with E-state index in [0.29, 0.717) is 5.76 Å². The number of aryl methyl sites for hydroxylation is 2. The van der Waals surface area contributed by atoms with Crippen LogP contribution in [-0.2, 0) is 17.8 Å². The van der Waals surface area contributed by atoms with Crippen molar-refractivity contribution < 1.29 is 13.7 Å². The van der Waals surface area contributed by atoms with Gasteiger partial charge >= 0.3 is 0 Å². The van der Waals surface area contributed by atoms with Gasteiger partial charge in [0.05, 0.1) is 18.7 Å². The topological polar surface area (TPSA) is 62.7 Å². The standard InChI is InChI=1S/C17H23N3O3/c1-13-10-16(23-18-13)11-17(21)20-7-3-6-19(8-9-20)12-15-5-4-14(2)22-15/h4-5,10H,3,6-9,11-12H2,1-2H3. The Balaban J connectivity index is 1.52. The van der Waals surface area contributed by atoms with Crippen LogP contribution in [0.3, 0.4) is 0 Å². The second kappa shape index (κ2) is 7.00. The van der Waals surface area contributed by atoms with Crippen molar-refractivity contribution >= 4 is 5.91 Å². The van der Waals surface area contributed by atoms with E-state index in [1.54, 1.807) is 0 Å². The normalized spacial score (nSPS) is 16.5. The molecule has 0 aliphatic carbocycles. The minimum atomic E-state index is 0.108. The lowest BCUT2D eigenvalue weighted by atomic mass is 10.2. The molecule has 23 heavy (non-hydrogen) atoms. The maximum atomic E-state index is 12.4. The highest BCUT2D eigenvalue weighted by Gasteiger charge is 2.21. The molecule has 2 aromatic heterocycles. The summed E-state index contributed by atoms with van der Waals surface area (Å²) in [6, 6.07) is 5.83. The van der Waals surface area contributed by atoms with Gasteiger partial charge in [-0.2, -0.15) is 0 Å². The predicted octanol–water partition coefficient (Wildman–Crippen LogP) is 2.16. The Labute approximate surface area is 136 Å². The molecule has 0 radical (unpaired) electrons. The van der Waals surface area contributed by atoms with Gasteiger partial charge in [-0.25, -0.2) is 0 Å². The average molecular weight is 317 g/mol. The average Bonchev–Trinajstić information content (AvgIpc) is 3.02. The van der Waals surface area contributed by atoms with Gasteiger partial charge < -0.3 is 13.8 Å². The smallest absolute Gasteiger partial charge is 0.230 e. The molecule has 0 unspecified atom stereocenters. The molecule has 3 heterocycles. The largest absolute Gasteiger partial charge is 0.465 e. The number of nitrogens with zero attached hydrogens (tertiary/aromatic N) is 3. The van der Waals surface area contributed by atoms with Crippen LogP contribution in [0.4, 0.5) is 0 Å². The molecule has 0 saturated carbocycles. The number of carbonyl (C=O) groups is 1.